The van der Waals surface area contributed by atoms with E-state index >= 15 is 0 Å². The van der Waals surface area contributed by atoms with Crippen molar-refractivity contribution in [2.45, 2.75) is 20.3 Å². The molecule has 0 spiro atoms. The summed E-state index contributed by atoms with van der Waals surface area (Å²) >= 11 is 7.76. The van der Waals surface area contributed by atoms with Gasteiger partial charge >= 0.3 is 0 Å². The summed E-state index contributed by atoms with van der Waals surface area (Å²) < 4.78 is 5.56. The molecule has 0 fully saturated rings. The van der Waals surface area contributed by atoms with E-state index in [4.69, 9.17) is 16.3 Å². The maximum Gasteiger partial charge on any atom is 0.271 e. The molecule has 0 aliphatic rings. The minimum absolute atomic E-state index is 0.304. The normalized spacial score (nSPS) is 10.9. The fourth-order valence-corrected chi connectivity index (χ4v) is 4.16. The number of halogens is 1. The molecule has 1 aromatic heterocycles. The van der Waals surface area contributed by atoms with E-state index in [1.807, 2.05) is 42.6 Å². The van der Waals surface area contributed by atoms with E-state index in [1.165, 1.54) is 16.9 Å². The lowest BCUT2D eigenvalue weighted by Gasteiger charge is -2.07. The van der Waals surface area contributed by atoms with Crippen LogP contribution in [0.5, 0.6) is 5.75 Å². The molecule has 0 aliphatic carbocycles. The van der Waals surface area contributed by atoms with E-state index in [-0.39, 0.29) is 5.91 Å². The molecular formula is C27H25ClN4O2S. The van der Waals surface area contributed by atoms with Crippen molar-refractivity contribution in [1.82, 2.24) is 10.4 Å². The van der Waals surface area contributed by atoms with E-state index in [1.54, 1.807) is 30.5 Å². The van der Waals surface area contributed by atoms with Crippen molar-refractivity contribution in [2.75, 3.05) is 11.9 Å². The topological polar surface area (TPSA) is 75.6 Å². The molecule has 1 heterocycles. The van der Waals surface area contributed by atoms with Crippen molar-refractivity contribution in [3.63, 3.8) is 0 Å². The number of thiazole rings is 1. The molecule has 4 rings (SSSR count). The Labute approximate surface area is 213 Å². The number of hydrogen-bond donors (Lipinski definition) is 2. The monoisotopic (exact) mass is 504 g/mol. The lowest BCUT2D eigenvalue weighted by atomic mass is 10.1. The van der Waals surface area contributed by atoms with Gasteiger partial charge < -0.3 is 10.1 Å². The summed E-state index contributed by atoms with van der Waals surface area (Å²) in [6, 6.07) is 20.8. The molecule has 0 saturated heterocycles. The molecule has 4 aromatic rings. The van der Waals surface area contributed by atoms with Gasteiger partial charge in [0.15, 0.2) is 5.13 Å². The van der Waals surface area contributed by atoms with Crippen LogP contribution in [0.4, 0.5) is 10.8 Å². The Morgan fingerprint density at radius 3 is 2.60 bits per heavy atom. The summed E-state index contributed by atoms with van der Waals surface area (Å²) in [5, 5.41) is 10.7. The molecule has 0 bridgehead atoms. The van der Waals surface area contributed by atoms with Gasteiger partial charge in [-0.3, -0.25) is 4.79 Å². The Morgan fingerprint density at radius 2 is 1.89 bits per heavy atom. The van der Waals surface area contributed by atoms with E-state index in [0.717, 1.165) is 34.1 Å². The predicted octanol–water partition coefficient (Wildman–Crippen LogP) is 7.07. The largest absolute Gasteiger partial charge is 0.492 e. The second-order valence-corrected chi connectivity index (χ2v) is 9.11. The van der Waals surface area contributed by atoms with Crippen LogP contribution in [-0.2, 0) is 0 Å². The summed E-state index contributed by atoms with van der Waals surface area (Å²) in [6.45, 7) is 4.70. The Kier molecular flexibility index (Phi) is 8.13. The summed E-state index contributed by atoms with van der Waals surface area (Å²) in [4.78, 5) is 17.1. The fraction of sp³-hybridized carbons (Fsp3) is 0.148. The number of aromatic nitrogens is 1. The highest BCUT2D eigenvalue weighted by molar-refractivity contribution is 7.14. The minimum Gasteiger partial charge on any atom is -0.492 e. The van der Waals surface area contributed by atoms with E-state index in [9.17, 15) is 4.79 Å². The van der Waals surface area contributed by atoms with Crippen molar-refractivity contribution in [3.8, 4) is 17.0 Å². The van der Waals surface area contributed by atoms with Gasteiger partial charge in [-0.15, -0.1) is 11.3 Å². The number of aryl methyl sites for hydroxylation is 1. The molecule has 2 N–H and O–H groups in total. The van der Waals surface area contributed by atoms with Gasteiger partial charge in [0.1, 0.15) is 5.75 Å². The zero-order chi connectivity index (χ0) is 24.6. The Balaban J connectivity index is 1.34. The van der Waals surface area contributed by atoms with Crippen LogP contribution < -0.4 is 15.5 Å². The highest BCUT2D eigenvalue weighted by Gasteiger charge is 2.08. The Bertz CT molecular complexity index is 1320. The lowest BCUT2D eigenvalue weighted by molar-refractivity contribution is 0.0955. The first-order valence-electron chi connectivity index (χ1n) is 11.2. The number of hydrogen-bond acceptors (Lipinski definition) is 6. The molecule has 0 unspecified atom stereocenters. The van der Waals surface area contributed by atoms with Crippen LogP contribution in [0.2, 0.25) is 5.02 Å². The molecule has 35 heavy (non-hydrogen) atoms. The van der Waals surface area contributed by atoms with Gasteiger partial charge in [0.25, 0.3) is 5.91 Å². The van der Waals surface area contributed by atoms with Crippen LogP contribution in [-0.4, -0.2) is 23.7 Å². The number of benzene rings is 3. The summed E-state index contributed by atoms with van der Waals surface area (Å²) in [7, 11) is 0. The quantitative estimate of drug-likeness (QED) is 0.189. The third kappa shape index (κ3) is 6.68. The smallest absolute Gasteiger partial charge is 0.271 e. The van der Waals surface area contributed by atoms with Gasteiger partial charge in [-0.05, 0) is 61.4 Å². The minimum atomic E-state index is -0.304. The summed E-state index contributed by atoms with van der Waals surface area (Å²) in [6.07, 6.45) is 2.45. The standard InChI is InChI=1S/C27H25ClN4O2S/c1-3-14-34-25-13-6-19(15-23(25)28)16-29-32-26(33)21-9-7-20(8-10-21)24-17-35-27(31-24)30-22-11-4-18(2)5-12-22/h4-13,15-17H,3,14H2,1-2H3,(H,30,31)(H,32,33)/b29-16-. The zero-order valence-corrected chi connectivity index (χ0v) is 21.0. The maximum absolute atomic E-state index is 12.5. The van der Waals surface area contributed by atoms with Gasteiger partial charge in [0, 0.05) is 22.2 Å². The van der Waals surface area contributed by atoms with Crippen molar-refractivity contribution in [1.29, 1.82) is 0 Å². The third-order valence-corrected chi connectivity index (χ3v) is 6.10. The van der Waals surface area contributed by atoms with Crippen molar-refractivity contribution >= 4 is 45.9 Å². The van der Waals surface area contributed by atoms with Gasteiger partial charge in [0.05, 0.1) is 23.5 Å². The van der Waals surface area contributed by atoms with Gasteiger partial charge in [0.2, 0.25) is 0 Å². The lowest BCUT2D eigenvalue weighted by Crippen LogP contribution is -2.17. The number of nitrogens with one attached hydrogen (secondary N) is 2. The first-order chi connectivity index (χ1) is 17.0. The predicted molar refractivity (Wildman–Crippen MR) is 144 cm³/mol. The van der Waals surface area contributed by atoms with Crippen LogP contribution in [0.15, 0.2) is 77.2 Å². The Hall–Kier alpha value is -3.68. The maximum atomic E-state index is 12.5. The average molecular weight is 505 g/mol. The average Bonchev–Trinajstić information content (AvgIpc) is 3.33. The first-order valence-corrected chi connectivity index (χ1v) is 12.4. The molecule has 0 saturated carbocycles. The number of nitrogens with zero attached hydrogens (tertiary/aromatic N) is 2. The Morgan fingerprint density at radius 1 is 1.11 bits per heavy atom. The molecule has 6 nitrogen and oxygen atoms in total. The number of hydrazone groups is 1. The summed E-state index contributed by atoms with van der Waals surface area (Å²) in [5.41, 5.74) is 7.78. The van der Waals surface area contributed by atoms with E-state index in [2.05, 4.69) is 39.9 Å². The van der Waals surface area contributed by atoms with Crippen molar-refractivity contribution in [3.05, 3.63) is 93.8 Å². The molecule has 0 radical (unpaired) electrons. The van der Waals surface area contributed by atoms with Crippen molar-refractivity contribution in [2.24, 2.45) is 5.10 Å². The van der Waals surface area contributed by atoms with Crippen LogP contribution in [0.3, 0.4) is 0 Å². The van der Waals surface area contributed by atoms with E-state index < -0.39 is 0 Å². The number of carbonyl (C=O) groups is 1. The van der Waals surface area contributed by atoms with Crippen LogP contribution in [0, 0.1) is 6.92 Å². The second-order valence-electron chi connectivity index (χ2n) is 7.84. The van der Waals surface area contributed by atoms with Crippen LogP contribution in [0.25, 0.3) is 11.3 Å². The van der Waals surface area contributed by atoms with Gasteiger partial charge in [-0.2, -0.15) is 5.10 Å². The highest BCUT2D eigenvalue weighted by Crippen LogP contribution is 2.28. The number of rotatable bonds is 9. The highest BCUT2D eigenvalue weighted by atomic mass is 35.5. The second kappa shape index (κ2) is 11.6. The molecule has 178 valence electrons. The molecular weight excluding hydrogens is 480 g/mol. The number of ether oxygens (including phenoxy) is 1. The van der Waals surface area contributed by atoms with Crippen LogP contribution in [0.1, 0.15) is 34.8 Å². The first kappa shape index (κ1) is 24.4. The number of anilines is 2. The SMILES string of the molecule is CCCOc1ccc(/C=N\NC(=O)c2ccc(-c3csc(Nc4ccc(C)cc4)n3)cc2)cc1Cl. The third-order valence-electron chi connectivity index (χ3n) is 5.05. The number of carbonyl (C=O) groups excluding carboxylic acids is 1. The van der Waals surface area contributed by atoms with Gasteiger partial charge in [-0.1, -0.05) is 48.4 Å². The molecule has 3 aromatic carbocycles. The van der Waals surface area contributed by atoms with Crippen molar-refractivity contribution < 1.29 is 9.53 Å². The molecule has 1 amide bonds. The molecule has 8 heteroatoms. The molecule has 0 atom stereocenters. The summed E-state index contributed by atoms with van der Waals surface area (Å²) in [5.74, 6) is 0.328. The fourth-order valence-electron chi connectivity index (χ4n) is 3.17. The zero-order valence-electron chi connectivity index (χ0n) is 19.4. The van der Waals surface area contributed by atoms with Crippen LogP contribution >= 0.6 is 22.9 Å². The number of amides is 1. The van der Waals surface area contributed by atoms with Gasteiger partial charge in [-0.25, -0.2) is 10.4 Å². The van der Waals surface area contributed by atoms with E-state index in [0.29, 0.717) is 22.9 Å². The molecule has 0 aliphatic heterocycles.